The van der Waals surface area contributed by atoms with E-state index in [0.717, 1.165) is 6.20 Å². The van der Waals surface area contributed by atoms with Gasteiger partial charge in [-0.3, -0.25) is 0 Å². The Labute approximate surface area is 78.4 Å². The van der Waals surface area contributed by atoms with Crippen LogP contribution in [0.1, 0.15) is 23.1 Å². The summed E-state index contributed by atoms with van der Waals surface area (Å²) < 4.78 is 37.6. The Balaban J connectivity index is 3.33. The highest BCUT2D eigenvalue weighted by Gasteiger charge is 2.18. The smallest absolute Gasteiger partial charge is 0.265 e. The molecule has 0 saturated carbocycles. The predicted octanol–water partition coefficient (Wildman–Crippen LogP) is 1.11. The number of alkyl halides is 2. The summed E-state index contributed by atoms with van der Waals surface area (Å²) in [6.07, 6.45) is -2.03. The summed E-state index contributed by atoms with van der Waals surface area (Å²) in [4.78, 5) is 3.12. The molecular formula is C8H9F3N2O. The topological polar surface area (TPSA) is 59.1 Å². The third-order valence-corrected chi connectivity index (χ3v) is 1.88. The Morgan fingerprint density at radius 1 is 1.43 bits per heavy atom. The van der Waals surface area contributed by atoms with Crippen molar-refractivity contribution in [2.24, 2.45) is 5.73 Å². The minimum Gasteiger partial charge on any atom is -0.391 e. The SMILES string of the molecule is NCc1c(C(F)F)cnc(F)c1CO. The summed E-state index contributed by atoms with van der Waals surface area (Å²) in [6, 6.07) is 0. The number of nitrogens with two attached hydrogens (primary N) is 1. The Bertz CT molecular complexity index is 331. The highest BCUT2D eigenvalue weighted by atomic mass is 19.3. The fourth-order valence-electron chi connectivity index (χ4n) is 1.17. The third-order valence-electron chi connectivity index (χ3n) is 1.88. The van der Waals surface area contributed by atoms with Gasteiger partial charge in [0.05, 0.1) is 6.61 Å². The molecule has 0 aliphatic rings. The molecule has 0 aromatic carbocycles. The highest BCUT2D eigenvalue weighted by molar-refractivity contribution is 5.33. The summed E-state index contributed by atoms with van der Waals surface area (Å²) >= 11 is 0. The Kier molecular flexibility index (Phi) is 3.43. The van der Waals surface area contributed by atoms with Gasteiger partial charge < -0.3 is 10.8 Å². The zero-order valence-corrected chi connectivity index (χ0v) is 7.17. The maximum absolute atomic E-state index is 12.9. The van der Waals surface area contributed by atoms with Crippen LogP contribution < -0.4 is 5.73 Å². The van der Waals surface area contributed by atoms with Crippen LogP contribution in [0, 0.1) is 5.95 Å². The largest absolute Gasteiger partial charge is 0.391 e. The minimum absolute atomic E-state index is 0.0741. The lowest BCUT2D eigenvalue weighted by Gasteiger charge is -2.10. The van der Waals surface area contributed by atoms with Crippen LogP contribution in [-0.2, 0) is 13.2 Å². The predicted molar refractivity (Wildman–Crippen MR) is 43.0 cm³/mol. The van der Waals surface area contributed by atoms with E-state index in [0.29, 0.717) is 0 Å². The highest BCUT2D eigenvalue weighted by Crippen LogP contribution is 2.25. The molecule has 3 nitrogen and oxygen atoms in total. The van der Waals surface area contributed by atoms with E-state index < -0.39 is 24.5 Å². The first-order chi connectivity index (χ1) is 6.61. The molecule has 0 fully saturated rings. The number of aliphatic hydroxyl groups is 1. The van der Waals surface area contributed by atoms with Gasteiger partial charge in [0, 0.05) is 23.9 Å². The van der Waals surface area contributed by atoms with Crippen LogP contribution in [0.3, 0.4) is 0 Å². The average molecular weight is 206 g/mol. The number of hydrogen-bond acceptors (Lipinski definition) is 3. The number of aliphatic hydroxyl groups excluding tert-OH is 1. The van der Waals surface area contributed by atoms with Crippen molar-refractivity contribution >= 4 is 0 Å². The van der Waals surface area contributed by atoms with E-state index in [4.69, 9.17) is 10.8 Å². The maximum atomic E-state index is 12.9. The molecule has 0 saturated heterocycles. The Morgan fingerprint density at radius 3 is 2.50 bits per heavy atom. The zero-order valence-electron chi connectivity index (χ0n) is 7.17. The van der Waals surface area contributed by atoms with Crippen LogP contribution in [0.4, 0.5) is 13.2 Å². The standard InChI is InChI=1S/C8H9F3N2O/c9-7(10)5-2-13-8(11)6(3-14)4(5)1-12/h2,7,14H,1,3,12H2. The van der Waals surface area contributed by atoms with Gasteiger partial charge in [-0.25, -0.2) is 13.8 Å². The fourth-order valence-corrected chi connectivity index (χ4v) is 1.17. The van der Waals surface area contributed by atoms with Crippen LogP contribution in [0.2, 0.25) is 0 Å². The molecule has 0 atom stereocenters. The van der Waals surface area contributed by atoms with Crippen molar-refractivity contribution in [3.63, 3.8) is 0 Å². The van der Waals surface area contributed by atoms with E-state index in [2.05, 4.69) is 4.98 Å². The zero-order chi connectivity index (χ0) is 10.7. The van der Waals surface area contributed by atoms with Gasteiger partial charge in [-0.05, 0) is 5.56 Å². The van der Waals surface area contributed by atoms with E-state index in [1.807, 2.05) is 0 Å². The maximum Gasteiger partial charge on any atom is 0.265 e. The van der Waals surface area contributed by atoms with E-state index in [1.165, 1.54) is 0 Å². The Morgan fingerprint density at radius 2 is 2.07 bits per heavy atom. The van der Waals surface area contributed by atoms with Crippen molar-refractivity contribution in [2.45, 2.75) is 19.6 Å². The van der Waals surface area contributed by atoms with E-state index in [1.54, 1.807) is 0 Å². The van der Waals surface area contributed by atoms with E-state index >= 15 is 0 Å². The Hall–Kier alpha value is -1.14. The summed E-state index contributed by atoms with van der Waals surface area (Å²) in [5, 5.41) is 8.76. The second-order valence-corrected chi connectivity index (χ2v) is 2.62. The van der Waals surface area contributed by atoms with Crippen molar-refractivity contribution in [1.29, 1.82) is 0 Å². The number of rotatable bonds is 3. The molecule has 0 unspecified atom stereocenters. The molecule has 1 rings (SSSR count). The second-order valence-electron chi connectivity index (χ2n) is 2.62. The lowest BCUT2D eigenvalue weighted by Crippen LogP contribution is -2.10. The molecule has 0 spiro atoms. The lowest BCUT2D eigenvalue weighted by molar-refractivity contribution is 0.149. The van der Waals surface area contributed by atoms with Crippen LogP contribution in [0.5, 0.6) is 0 Å². The molecule has 0 amide bonds. The molecule has 14 heavy (non-hydrogen) atoms. The third kappa shape index (κ3) is 1.85. The van der Waals surface area contributed by atoms with Crippen molar-refractivity contribution in [1.82, 2.24) is 4.98 Å². The van der Waals surface area contributed by atoms with Gasteiger partial charge in [-0.15, -0.1) is 0 Å². The van der Waals surface area contributed by atoms with Gasteiger partial charge in [0.15, 0.2) is 0 Å². The van der Waals surface area contributed by atoms with Crippen molar-refractivity contribution in [3.8, 4) is 0 Å². The number of aromatic nitrogens is 1. The molecule has 78 valence electrons. The van der Waals surface area contributed by atoms with Crippen LogP contribution in [0.15, 0.2) is 6.20 Å². The van der Waals surface area contributed by atoms with Gasteiger partial charge >= 0.3 is 0 Å². The summed E-state index contributed by atoms with van der Waals surface area (Å²) in [5.41, 5.74) is 4.43. The quantitative estimate of drug-likeness (QED) is 0.728. The number of pyridine rings is 1. The summed E-state index contributed by atoms with van der Waals surface area (Å²) in [5.74, 6) is -0.961. The summed E-state index contributed by atoms with van der Waals surface area (Å²) in [7, 11) is 0. The van der Waals surface area contributed by atoms with Crippen molar-refractivity contribution in [2.75, 3.05) is 0 Å². The number of nitrogens with zero attached hydrogens (tertiary/aromatic N) is 1. The van der Waals surface area contributed by atoms with Crippen LogP contribution in [-0.4, -0.2) is 10.1 Å². The number of hydrogen-bond donors (Lipinski definition) is 2. The van der Waals surface area contributed by atoms with E-state index in [9.17, 15) is 13.2 Å². The van der Waals surface area contributed by atoms with Crippen LogP contribution >= 0.6 is 0 Å². The van der Waals surface area contributed by atoms with Crippen molar-refractivity contribution in [3.05, 3.63) is 28.8 Å². The molecule has 0 aliphatic heterocycles. The lowest BCUT2D eigenvalue weighted by atomic mass is 10.1. The first-order valence-corrected chi connectivity index (χ1v) is 3.87. The van der Waals surface area contributed by atoms with Gasteiger partial charge in [0.25, 0.3) is 6.43 Å². The summed E-state index contributed by atoms with van der Waals surface area (Å²) in [6.45, 7) is -0.944. The molecule has 3 N–H and O–H groups in total. The first-order valence-electron chi connectivity index (χ1n) is 3.87. The van der Waals surface area contributed by atoms with Gasteiger partial charge in [0.2, 0.25) is 5.95 Å². The van der Waals surface area contributed by atoms with E-state index in [-0.39, 0.29) is 17.7 Å². The molecular weight excluding hydrogens is 197 g/mol. The molecule has 0 radical (unpaired) electrons. The van der Waals surface area contributed by atoms with Gasteiger partial charge in [-0.1, -0.05) is 0 Å². The minimum atomic E-state index is -2.77. The average Bonchev–Trinajstić information content (AvgIpc) is 2.16. The fraction of sp³-hybridized carbons (Fsp3) is 0.375. The normalized spacial score (nSPS) is 11.0. The molecule has 1 aromatic heterocycles. The molecule has 1 heterocycles. The second kappa shape index (κ2) is 4.39. The molecule has 0 bridgehead atoms. The first kappa shape index (κ1) is 10.9. The van der Waals surface area contributed by atoms with Gasteiger partial charge in [0.1, 0.15) is 0 Å². The van der Waals surface area contributed by atoms with Crippen LogP contribution in [0.25, 0.3) is 0 Å². The van der Waals surface area contributed by atoms with Crippen molar-refractivity contribution < 1.29 is 18.3 Å². The number of halogens is 3. The molecule has 0 aliphatic carbocycles. The van der Waals surface area contributed by atoms with Gasteiger partial charge in [-0.2, -0.15) is 4.39 Å². The molecule has 1 aromatic rings. The molecule has 6 heteroatoms. The monoisotopic (exact) mass is 206 g/mol.